The van der Waals surface area contributed by atoms with Gasteiger partial charge in [-0.25, -0.2) is 4.39 Å². The molecule has 0 fully saturated rings. The molecule has 6 N–H and O–H groups in total. The Kier molecular flexibility index (Phi) is 4.80. The molecular weight excluding hydrogens is 249 g/mol. The van der Waals surface area contributed by atoms with Gasteiger partial charge in [-0.1, -0.05) is 11.6 Å². The zero-order valence-corrected chi connectivity index (χ0v) is 9.91. The van der Waals surface area contributed by atoms with E-state index < -0.39 is 5.82 Å². The van der Waals surface area contributed by atoms with E-state index in [1.807, 2.05) is 0 Å². The number of aliphatic hydroxyl groups excluding tert-OH is 2. The molecule has 0 saturated heterocycles. The Morgan fingerprint density at radius 3 is 2.18 bits per heavy atom. The second-order valence-corrected chi connectivity index (χ2v) is 3.84. The van der Waals surface area contributed by atoms with E-state index in [4.69, 9.17) is 33.3 Å². The van der Waals surface area contributed by atoms with Gasteiger partial charge in [0.2, 0.25) is 0 Å². The van der Waals surface area contributed by atoms with Crippen molar-refractivity contribution in [3.63, 3.8) is 0 Å². The Labute approximate surface area is 103 Å². The monoisotopic (exact) mass is 263 g/mol. The lowest BCUT2D eigenvalue weighted by molar-refractivity contribution is 0.280. The van der Waals surface area contributed by atoms with E-state index in [9.17, 15) is 4.39 Å². The first kappa shape index (κ1) is 13.8. The van der Waals surface area contributed by atoms with Crippen LogP contribution in [-0.4, -0.2) is 36.5 Å². The molecular formula is C10H15ClFN3O2. The van der Waals surface area contributed by atoms with Crippen molar-refractivity contribution < 1.29 is 14.6 Å². The summed E-state index contributed by atoms with van der Waals surface area (Å²) in [7, 11) is 0. The first-order valence-corrected chi connectivity index (χ1v) is 5.40. The molecule has 0 spiro atoms. The molecule has 1 rings (SSSR count). The van der Waals surface area contributed by atoms with Crippen LogP contribution in [0.15, 0.2) is 6.07 Å². The fraction of sp³-hybridized carbons (Fsp3) is 0.400. The lowest BCUT2D eigenvalue weighted by Gasteiger charge is -2.25. The minimum absolute atomic E-state index is 0.0484. The molecule has 7 heteroatoms. The van der Waals surface area contributed by atoms with Crippen LogP contribution >= 0.6 is 11.6 Å². The van der Waals surface area contributed by atoms with Gasteiger partial charge in [0.05, 0.1) is 30.3 Å². The van der Waals surface area contributed by atoms with Gasteiger partial charge < -0.3 is 26.6 Å². The summed E-state index contributed by atoms with van der Waals surface area (Å²) in [6, 6.07) is 1.35. The number of aliphatic hydroxyl groups is 2. The summed E-state index contributed by atoms with van der Waals surface area (Å²) in [6.07, 6.45) is 0. The molecule has 5 nitrogen and oxygen atoms in total. The highest BCUT2D eigenvalue weighted by molar-refractivity contribution is 6.33. The number of hydrogen-bond donors (Lipinski definition) is 4. The fourth-order valence-electron chi connectivity index (χ4n) is 1.55. The van der Waals surface area contributed by atoms with Crippen molar-refractivity contribution in [3.8, 4) is 0 Å². The Bertz CT molecular complexity index is 398. The quantitative estimate of drug-likeness (QED) is 0.578. The van der Waals surface area contributed by atoms with Crippen LogP contribution in [0.1, 0.15) is 0 Å². The molecule has 0 heterocycles. The second-order valence-electron chi connectivity index (χ2n) is 3.47. The number of hydrogen-bond acceptors (Lipinski definition) is 5. The van der Waals surface area contributed by atoms with E-state index in [0.717, 1.165) is 0 Å². The average Bonchev–Trinajstić information content (AvgIpc) is 2.27. The highest BCUT2D eigenvalue weighted by atomic mass is 35.5. The molecule has 1 aromatic carbocycles. The summed E-state index contributed by atoms with van der Waals surface area (Å²) in [5, 5.41) is 17.6. The van der Waals surface area contributed by atoms with E-state index in [1.165, 1.54) is 11.0 Å². The van der Waals surface area contributed by atoms with E-state index >= 15 is 0 Å². The minimum atomic E-state index is -0.744. The first-order valence-electron chi connectivity index (χ1n) is 5.02. The average molecular weight is 264 g/mol. The number of nitrogens with two attached hydrogens (primary N) is 2. The van der Waals surface area contributed by atoms with Crippen LogP contribution in [0.4, 0.5) is 21.5 Å². The van der Waals surface area contributed by atoms with Gasteiger partial charge in [0.1, 0.15) is 5.02 Å². The summed E-state index contributed by atoms with van der Waals surface area (Å²) in [5.74, 6) is -0.744. The lowest BCUT2D eigenvalue weighted by atomic mass is 10.2. The number of benzene rings is 1. The maximum absolute atomic E-state index is 13.9. The Morgan fingerprint density at radius 2 is 1.71 bits per heavy atom. The van der Waals surface area contributed by atoms with Crippen LogP contribution in [0.25, 0.3) is 0 Å². The number of nitrogens with zero attached hydrogens (tertiary/aromatic N) is 1. The predicted octanol–water partition coefficient (Wildman–Crippen LogP) is 0.435. The summed E-state index contributed by atoms with van der Waals surface area (Å²) >= 11 is 5.69. The molecule has 17 heavy (non-hydrogen) atoms. The molecule has 0 saturated carbocycles. The van der Waals surface area contributed by atoms with Gasteiger partial charge in [-0.15, -0.1) is 0 Å². The summed E-state index contributed by atoms with van der Waals surface area (Å²) in [6.45, 7) is -0.106. The molecule has 96 valence electrons. The maximum Gasteiger partial charge on any atom is 0.169 e. The molecule has 0 aliphatic carbocycles. The van der Waals surface area contributed by atoms with Crippen LogP contribution in [-0.2, 0) is 0 Å². The van der Waals surface area contributed by atoms with Crippen molar-refractivity contribution in [3.05, 3.63) is 16.9 Å². The second kappa shape index (κ2) is 5.90. The predicted molar refractivity (Wildman–Crippen MR) is 66.6 cm³/mol. The van der Waals surface area contributed by atoms with Crippen molar-refractivity contribution in [1.29, 1.82) is 0 Å². The van der Waals surface area contributed by atoms with Crippen molar-refractivity contribution in [2.75, 3.05) is 42.7 Å². The zero-order valence-electron chi connectivity index (χ0n) is 9.16. The number of rotatable bonds is 5. The van der Waals surface area contributed by atoms with Crippen LogP contribution in [0.5, 0.6) is 0 Å². The molecule has 0 aliphatic heterocycles. The number of halogens is 2. The molecule has 0 bridgehead atoms. The highest BCUT2D eigenvalue weighted by Crippen LogP contribution is 2.35. The maximum atomic E-state index is 13.9. The van der Waals surface area contributed by atoms with Crippen molar-refractivity contribution in [2.24, 2.45) is 0 Å². The smallest absolute Gasteiger partial charge is 0.169 e. The Balaban J connectivity index is 3.22. The van der Waals surface area contributed by atoms with Crippen LogP contribution in [0.2, 0.25) is 5.02 Å². The molecule has 0 aromatic heterocycles. The third kappa shape index (κ3) is 2.91. The lowest BCUT2D eigenvalue weighted by Crippen LogP contribution is -2.31. The molecule has 0 radical (unpaired) electrons. The van der Waals surface area contributed by atoms with E-state index in [2.05, 4.69) is 0 Å². The first-order chi connectivity index (χ1) is 8.02. The van der Waals surface area contributed by atoms with Crippen LogP contribution < -0.4 is 16.4 Å². The Hall–Kier alpha value is -1.24. The van der Waals surface area contributed by atoms with Crippen LogP contribution in [0, 0.1) is 5.82 Å². The van der Waals surface area contributed by atoms with Gasteiger partial charge in [0, 0.05) is 13.1 Å². The Morgan fingerprint density at radius 1 is 1.18 bits per heavy atom. The number of nitrogen functional groups attached to an aromatic ring is 2. The zero-order chi connectivity index (χ0) is 13.0. The SMILES string of the molecule is Nc1cc(N)c(N(CCO)CCO)c(F)c1Cl. The normalized spacial score (nSPS) is 10.6. The van der Waals surface area contributed by atoms with Crippen molar-refractivity contribution >= 4 is 28.7 Å². The van der Waals surface area contributed by atoms with Gasteiger partial charge in [-0.2, -0.15) is 0 Å². The summed E-state index contributed by atoms with van der Waals surface area (Å²) < 4.78 is 13.9. The van der Waals surface area contributed by atoms with Gasteiger partial charge in [0.25, 0.3) is 0 Å². The third-order valence-electron chi connectivity index (χ3n) is 2.29. The standard InChI is InChI=1S/C10H15ClFN3O2/c11-8-6(13)5-7(14)10(9(8)12)15(1-3-16)2-4-17/h5,16-17H,1-4,13-14H2. The van der Waals surface area contributed by atoms with Gasteiger partial charge >= 0.3 is 0 Å². The van der Waals surface area contributed by atoms with Crippen LogP contribution in [0.3, 0.4) is 0 Å². The molecule has 1 aromatic rings. The van der Waals surface area contributed by atoms with Gasteiger partial charge in [-0.05, 0) is 6.07 Å². The van der Waals surface area contributed by atoms with E-state index in [-0.39, 0.29) is 48.4 Å². The number of anilines is 3. The topological polar surface area (TPSA) is 95.7 Å². The van der Waals surface area contributed by atoms with Crippen molar-refractivity contribution in [2.45, 2.75) is 0 Å². The summed E-state index contributed by atoms with van der Waals surface area (Å²) in [4.78, 5) is 1.41. The third-order valence-corrected chi connectivity index (χ3v) is 2.68. The largest absolute Gasteiger partial charge is 0.397 e. The molecule has 0 aliphatic rings. The van der Waals surface area contributed by atoms with Gasteiger partial charge in [-0.3, -0.25) is 0 Å². The summed E-state index contributed by atoms with van der Waals surface area (Å²) in [5.41, 5.74) is 11.4. The fourth-order valence-corrected chi connectivity index (χ4v) is 1.70. The molecule has 0 unspecified atom stereocenters. The van der Waals surface area contributed by atoms with Crippen molar-refractivity contribution in [1.82, 2.24) is 0 Å². The van der Waals surface area contributed by atoms with Gasteiger partial charge in [0.15, 0.2) is 5.82 Å². The molecule has 0 atom stereocenters. The molecule has 0 amide bonds. The highest BCUT2D eigenvalue weighted by Gasteiger charge is 2.19. The van der Waals surface area contributed by atoms with E-state index in [1.54, 1.807) is 0 Å². The minimum Gasteiger partial charge on any atom is -0.397 e. The van der Waals surface area contributed by atoms with E-state index in [0.29, 0.717) is 0 Å².